The summed E-state index contributed by atoms with van der Waals surface area (Å²) in [7, 11) is 0. The summed E-state index contributed by atoms with van der Waals surface area (Å²) in [6.45, 7) is 0.564. The van der Waals surface area contributed by atoms with Crippen LogP contribution in [0.15, 0.2) is 0 Å². The molecule has 0 aromatic rings. The lowest BCUT2D eigenvalue weighted by molar-refractivity contribution is -0.138. The molecule has 58 valence electrons. The maximum absolute atomic E-state index is 10.3. The van der Waals surface area contributed by atoms with E-state index in [2.05, 4.69) is 0 Å². The second kappa shape index (κ2) is 2.57. The second-order valence-corrected chi connectivity index (χ2v) is 3.65. The number of carbonyl (C=O) groups is 1. The number of hydrogen-bond acceptors (Lipinski definition) is 2. The van der Waals surface area contributed by atoms with E-state index >= 15 is 0 Å². The molecular weight excluding hydrogens is 179 g/mol. The maximum atomic E-state index is 10.3. The molecule has 1 N–H and O–H groups in total. The molecule has 10 heavy (non-hydrogen) atoms. The van der Waals surface area contributed by atoms with Crippen LogP contribution in [-0.2, 0) is 9.53 Å². The summed E-state index contributed by atoms with van der Waals surface area (Å²) in [5.74, 6) is -1.22. The normalized spacial score (nSPS) is 24.4. The third kappa shape index (κ3) is 2.01. The van der Waals surface area contributed by atoms with Crippen LogP contribution in [0.4, 0.5) is 0 Å². The van der Waals surface area contributed by atoms with E-state index in [1.165, 1.54) is 0 Å². The van der Waals surface area contributed by atoms with Crippen molar-refractivity contribution in [2.75, 3.05) is 6.61 Å². The van der Waals surface area contributed by atoms with Gasteiger partial charge in [-0.05, 0) is 0 Å². The Kier molecular flexibility index (Phi) is 2.08. The van der Waals surface area contributed by atoms with E-state index < -0.39 is 10.3 Å². The highest BCUT2D eigenvalue weighted by Gasteiger charge is 2.40. The molecule has 1 fully saturated rings. The molecule has 0 amide bonds. The number of alkyl halides is 2. The minimum atomic E-state index is -1.68. The molecule has 1 atom stereocenters. The number of carboxylic acid groups (broad SMARTS) is 1. The molecule has 1 aliphatic rings. The third-order valence-electron chi connectivity index (χ3n) is 1.20. The molecular formula is C5H6Cl2O3. The van der Waals surface area contributed by atoms with E-state index in [4.69, 9.17) is 33.0 Å². The Morgan fingerprint density at radius 3 is 2.60 bits per heavy atom. The zero-order chi connectivity index (χ0) is 7.78. The highest BCUT2D eigenvalue weighted by molar-refractivity contribution is 6.57. The van der Waals surface area contributed by atoms with E-state index in [0.29, 0.717) is 6.61 Å². The molecule has 0 aromatic heterocycles. The average molecular weight is 185 g/mol. The zero-order valence-electron chi connectivity index (χ0n) is 5.01. The number of rotatable bonds is 3. The van der Waals surface area contributed by atoms with E-state index in [0.717, 1.165) is 0 Å². The molecule has 0 spiro atoms. The lowest BCUT2D eigenvalue weighted by Gasteiger charge is -2.10. The van der Waals surface area contributed by atoms with Gasteiger partial charge in [-0.1, -0.05) is 23.2 Å². The van der Waals surface area contributed by atoms with Gasteiger partial charge in [-0.15, -0.1) is 0 Å². The van der Waals surface area contributed by atoms with Crippen LogP contribution in [0, 0.1) is 0 Å². The monoisotopic (exact) mass is 184 g/mol. The summed E-state index contributed by atoms with van der Waals surface area (Å²) >= 11 is 10.8. The van der Waals surface area contributed by atoms with E-state index in [1.807, 2.05) is 0 Å². The van der Waals surface area contributed by atoms with Gasteiger partial charge in [-0.3, -0.25) is 0 Å². The Bertz CT molecular complexity index is 153. The Labute approximate surface area is 67.9 Å². The number of carboxylic acids is 1. The van der Waals surface area contributed by atoms with E-state index in [9.17, 15) is 4.79 Å². The Morgan fingerprint density at radius 1 is 1.80 bits per heavy atom. The van der Waals surface area contributed by atoms with Crippen molar-refractivity contribution in [2.45, 2.75) is 16.9 Å². The number of halogens is 2. The van der Waals surface area contributed by atoms with Gasteiger partial charge in [0.25, 0.3) is 0 Å². The van der Waals surface area contributed by atoms with Crippen LogP contribution in [0.5, 0.6) is 0 Å². The molecule has 0 aromatic carbocycles. The van der Waals surface area contributed by atoms with Crippen LogP contribution in [0.25, 0.3) is 0 Å². The van der Waals surface area contributed by atoms with Crippen molar-refractivity contribution in [3.63, 3.8) is 0 Å². The SMILES string of the molecule is O=C(O)C(Cl)(Cl)CC1CO1. The molecule has 3 nitrogen and oxygen atoms in total. The fourth-order valence-electron chi connectivity index (χ4n) is 0.559. The molecule has 0 saturated carbocycles. The van der Waals surface area contributed by atoms with Gasteiger partial charge in [0.1, 0.15) is 0 Å². The van der Waals surface area contributed by atoms with Crippen molar-refractivity contribution < 1.29 is 14.6 Å². The Balaban J connectivity index is 2.40. The predicted molar refractivity (Wildman–Crippen MR) is 36.4 cm³/mol. The van der Waals surface area contributed by atoms with Crippen LogP contribution in [0.1, 0.15) is 6.42 Å². The van der Waals surface area contributed by atoms with Crippen molar-refractivity contribution in [2.24, 2.45) is 0 Å². The van der Waals surface area contributed by atoms with Crippen LogP contribution in [-0.4, -0.2) is 28.1 Å². The molecule has 5 heteroatoms. The zero-order valence-corrected chi connectivity index (χ0v) is 6.52. The third-order valence-corrected chi connectivity index (χ3v) is 1.83. The number of epoxide rings is 1. The topological polar surface area (TPSA) is 49.8 Å². The Hall–Kier alpha value is 0.01000. The molecule has 1 aliphatic heterocycles. The molecule has 1 saturated heterocycles. The lowest BCUT2D eigenvalue weighted by atomic mass is 10.2. The average Bonchev–Trinajstić information content (AvgIpc) is 2.48. The summed E-state index contributed by atoms with van der Waals surface area (Å²) in [6.07, 6.45) is 0.0944. The summed E-state index contributed by atoms with van der Waals surface area (Å²) in [5, 5.41) is 8.40. The van der Waals surface area contributed by atoms with Crippen molar-refractivity contribution in [3.05, 3.63) is 0 Å². The summed E-state index contributed by atoms with van der Waals surface area (Å²) < 4.78 is 3.08. The van der Waals surface area contributed by atoms with Crippen LogP contribution in [0.2, 0.25) is 0 Å². The van der Waals surface area contributed by atoms with Crippen molar-refractivity contribution in [1.29, 1.82) is 0 Å². The minimum Gasteiger partial charge on any atom is -0.479 e. The summed E-state index contributed by atoms with van der Waals surface area (Å²) in [5.41, 5.74) is 0. The van der Waals surface area contributed by atoms with Crippen LogP contribution in [0.3, 0.4) is 0 Å². The van der Waals surface area contributed by atoms with Gasteiger partial charge in [0.2, 0.25) is 4.33 Å². The van der Waals surface area contributed by atoms with Gasteiger partial charge in [0, 0.05) is 6.42 Å². The van der Waals surface area contributed by atoms with Gasteiger partial charge < -0.3 is 9.84 Å². The molecule has 0 aliphatic carbocycles. The molecule has 1 rings (SSSR count). The first kappa shape index (κ1) is 8.11. The van der Waals surface area contributed by atoms with E-state index in [1.54, 1.807) is 0 Å². The first-order valence-electron chi connectivity index (χ1n) is 2.75. The molecule has 0 radical (unpaired) electrons. The standard InChI is InChI=1S/C5H6Cl2O3/c6-5(7,4(8)9)1-3-2-10-3/h3H,1-2H2,(H,8,9). The number of aliphatic carboxylic acids is 1. The second-order valence-electron chi connectivity index (χ2n) is 2.17. The fourth-order valence-corrected chi connectivity index (χ4v) is 0.903. The predicted octanol–water partition coefficient (Wildman–Crippen LogP) is 1.03. The van der Waals surface area contributed by atoms with Gasteiger partial charge in [0.15, 0.2) is 0 Å². The quantitative estimate of drug-likeness (QED) is 0.527. The van der Waals surface area contributed by atoms with Gasteiger partial charge in [-0.2, -0.15) is 0 Å². The van der Waals surface area contributed by atoms with Crippen LogP contribution >= 0.6 is 23.2 Å². The highest BCUT2D eigenvalue weighted by Crippen LogP contribution is 2.31. The van der Waals surface area contributed by atoms with Crippen molar-refractivity contribution in [3.8, 4) is 0 Å². The maximum Gasteiger partial charge on any atom is 0.340 e. The van der Waals surface area contributed by atoms with Gasteiger partial charge in [-0.25, -0.2) is 4.79 Å². The van der Waals surface area contributed by atoms with Crippen molar-refractivity contribution in [1.82, 2.24) is 0 Å². The number of ether oxygens (including phenoxy) is 1. The highest BCUT2D eigenvalue weighted by atomic mass is 35.5. The van der Waals surface area contributed by atoms with Crippen LogP contribution < -0.4 is 0 Å². The fraction of sp³-hybridized carbons (Fsp3) is 0.800. The van der Waals surface area contributed by atoms with E-state index in [-0.39, 0.29) is 12.5 Å². The van der Waals surface area contributed by atoms with Gasteiger partial charge in [0.05, 0.1) is 12.7 Å². The van der Waals surface area contributed by atoms with Gasteiger partial charge >= 0.3 is 5.97 Å². The summed E-state index contributed by atoms with van der Waals surface area (Å²) in [4.78, 5) is 10.3. The minimum absolute atomic E-state index is 0.0638. The summed E-state index contributed by atoms with van der Waals surface area (Å²) in [6, 6.07) is 0. The Morgan fingerprint density at radius 2 is 2.30 bits per heavy atom. The number of hydrogen-bond donors (Lipinski definition) is 1. The largest absolute Gasteiger partial charge is 0.479 e. The lowest BCUT2D eigenvalue weighted by Crippen LogP contribution is -2.27. The molecule has 1 heterocycles. The van der Waals surface area contributed by atoms with Crippen molar-refractivity contribution >= 4 is 29.2 Å². The smallest absolute Gasteiger partial charge is 0.340 e. The first-order chi connectivity index (χ1) is 4.52. The molecule has 0 bridgehead atoms. The first-order valence-corrected chi connectivity index (χ1v) is 3.51. The molecule has 1 unspecified atom stereocenters.